The van der Waals surface area contributed by atoms with E-state index in [0.717, 1.165) is 37.0 Å². The predicted octanol–water partition coefficient (Wildman–Crippen LogP) is 2.36. The summed E-state index contributed by atoms with van der Waals surface area (Å²) >= 11 is 0. The Bertz CT molecular complexity index is 658. The molecule has 1 aromatic carbocycles. The Kier molecular flexibility index (Phi) is 3.32. The molecular weight excluding hydrogens is 294 g/mol. The number of amides is 1. The first kappa shape index (κ1) is 14.5. The van der Waals surface area contributed by atoms with Gasteiger partial charge in [-0.2, -0.15) is 0 Å². The van der Waals surface area contributed by atoms with E-state index in [1.165, 1.54) is 0 Å². The minimum atomic E-state index is -0.781. The Morgan fingerprint density at radius 1 is 1.39 bits per heavy atom. The molecule has 1 N–H and O–H groups in total. The summed E-state index contributed by atoms with van der Waals surface area (Å²) in [7, 11) is 0. The van der Waals surface area contributed by atoms with Gasteiger partial charge in [0.25, 0.3) is 0 Å². The van der Waals surface area contributed by atoms with E-state index in [-0.39, 0.29) is 24.3 Å². The Balaban J connectivity index is 1.85. The van der Waals surface area contributed by atoms with Crippen LogP contribution in [0.15, 0.2) is 24.3 Å². The lowest BCUT2D eigenvalue weighted by atomic mass is 9.62. The molecule has 1 aliphatic carbocycles. The lowest BCUT2D eigenvalue weighted by Gasteiger charge is -2.55. The van der Waals surface area contributed by atoms with Gasteiger partial charge in [-0.25, -0.2) is 0 Å². The third kappa shape index (κ3) is 2.06. The number of benzene rings is 1. The third-order valence-corrected chi connectivity index (χ3v) is 5.43. The second kappa shape index (κ2) is 5.25. The molecule has 2 fully saturated rings. The van der Waals surface area contributed by atoms with E-state index in [0.29, 0.717) is 0 Å². The molecule has 5 heteroatoms. The van der Waals surface area contributed by atoms with Gasteiger partial charge >= 0.3 is 5.97 Å². The SMILES string of the molecule is CCOC(=O)C1C(=O)NC23CCCCC2C1c1ccccc1O3. The lowest BCUT2D eigenvalue weighted by Crippen LogP contribution is -2.69. The van der Waals surface area contributed by atoms with Crippen LogP contribution in [0.25, 0.3) is 0 Å². The van der Waals surface area contributed by atoms with Gasteiger partial charge in [-0.05, 0) is 31.4 Å². The first-order valence-corrected chi connectivity index (χ1v) is 8.43. The molecule has 0 spiro atoms. The van der Waals surface area contributed by atoms with Crippen LogP contribution in [0.2, 0.25) is 0 Å². The van der Waals surface area contributed by atoms with Gasteiger partial charge in [0.05, 0.1) is 6.61 Å². The molecule has 4 atom stereocenters. The summed E-state index contributed by atoms with van der Waals surface area (Å²) in [4.78, 5) is 25.2. The van der Waals surface area contributed by atoms with Gasteiger partial charge in [-0.3, -0.25) is 9.59 Å². The number of esters is 1. The molecular formula is C18H21NO4. The number of carbonyl (C=O) groups excluding carboxylic acids is 2. The van der Waals surface area contributed by atoms with Gasteiger partial charge in [0.1, 0.15) is 11.7 Å². The molecule has 2 heterocycles. The fraction of sp³-hybridized carbons (Fsp3) is 0.556. The van der Waals surface area contributed by atoms with Crippen molar-refractivity contribution < 1.29 is 19.1 Å². The summed E-state index contributed by atoms with van der Waals surface area (Å²) < 4.78 is 11.5. The first-order chi connectivity index (χ1) is 11.2. The first-order valence-electron chi connectivity index (χ1n) is 8.43. The Hall–Kier alpha value is -2.04. The summed E-state index contributed by atoms with van der Waals surface area (Å²) in [5.41, 5.74) is 0.306. The van der Waals surface area contributed by atoms with Crippen molar-refractivity contribution in [3.8, 4) is 5.75 Å². The molecule has 1 aromatic rings. The second-order valence-electron chi connectivity index (χ2n) is 6.63. The average molecular weight is 315 g/mol. The number of fused-ring (bicyclic) bond motifs is 2. The van der Waals surface area contributed by atoms with E-state index >= 15 is 0 Å². The highest BCUT2D eigenvalue weighted by Gasteiger charge is 2.61. The molecule has 4 unspecified atom stereocenters. The van der Waals surface area contributed by atoms with E-state index in [4.69, 9.17) is 9.47 Å². The van der Waals surface area contributed by atoms with Gasteiger partial charge in [-0.1, -0.05) is 24.6 Å². The molecule has 0 radical (unpaired) electrons. The standard InChI is InChI=1S/C18H21NO4/c1-2-22-17(21)15-14-11-7-3-4-9-13(11)23-18(19-16(15)20)10-6-5-8-12(14)18/h3-4,7,9,12,14-15H,2,5-6,8,10H2,1H3,(H,19,20). The molecule has 0 aromatic heterocycles. The zero-order chi connectivity index (χ0) is 16.0. The van der Waals surface area contributed by atoms with Crippen LogP contribution in [0.4, 0.5) is 0 Å². The van der Waals surface area contributed by atoms with Gasteiger partial charge in [0.2, 0.25) is 5.91 Å². The van der Waals surface area contributed by atoms with Crippen molar-refractivity contribution in [1.82, 2.24) is 5.32 Å². The topological polar surface area (TPSA) is 64.6 Å². The molecule has 3 aliphatic rings. The summed E-state index contributed by atoms with van der Waals surface area (Å²) in [6, 6.07) is 7.76. The smallest absolute Gasteiger partial charge is 0.319 e. The monoisotopic (exact) mass is 315 g/mol. The Labute approximate surface area is 135 Å². The fourth-order valence-electron chi connectivity index (χ4n) is 4.56. The van der Waals surface area contributed by atoms with Crippen LogP contribution in [0.5, 0.6) is 5.75 Å². The highest BCUT2D eigenvalue weighted by atomic mass is 16.5. The van der Waals surface area contributed by atoms with Crippen molar-refractivity contribution in [3.63, 3.8) is 0 Å². The van der Waals surface area contributed by atoms with Crippen LogP contribution in [0.1, 0.15) is 44.1 Å². The van der Waals surface area contributed by atoms with Crippen LogP contribution in [-0.4, -0.2) is 24.2 Å². The summed E-state index contributed by atoms with van der Waals surface area (Å²) in [5.74, 6) is -0.723. The van der Waals surface area contributed by atoms with E-state index in [9.17, 15) is 9.59 Å². The van der Waals surface area contributed by atoms with Crippen LogP contribution in [-0.2, 0) is 14.3 Å². The summed E-state index contributed by atoms with van der Waals surface area (Å²) in [6.07, 6.45) is 3.87. The molecule has 1 saturated carbocycles. The molecule has 5 nitrogen and oxygen atoms in total. The van der Waals surface area contributed by atoms with Crippen molar-refractivity contribution in [3.05, 3.63) is 29.8 Å². The number of para-hydroxylation sites is 1. The van der Waals surface area contributed by atoms with Crippen molar-refractivity contribution in [1.29, 1.82) is 0 Å². The van der Waals surface area contributed by atoms with Gasteiger partial charge < -0.3 is 14.8 Å². The zero-order valence-electron chi connectivity index (χ0n) is 13.2. The molecule has 1 saturated heterocycles. The Morgan fingerprint density at radius 2 is 2.22 bits per heavy atom. The predicted molar refractivity (Wildman–Crippen MR) is 82.8 cm³/mol. The van der Waals surface area contributed by atoms with Gasteiger partial charge in [-0.15, -0.1) is 0 Å². The third-order valence-electron chi connectivity index (χ3n) is 5.43. The van der Waals surface area contributed by atoms with E-state index in [1.54, 1.807) is 6.92 Å². The number of nitrogens with one attached hydrogen (secondary N) is 1. The van der Waals surface area contributed by atoms with Crippen molar-refractivity contribution >= 4 is 11.9 Å². The maximum atomic E-state index is 12.7. The van der Waals surface area contributed by atoms with E-state index in [2.05, 4.69) is 5.32 Å². The fourth-order valence-corrected chi connectivity index (χ4v) is 4.56. The molecule has 2 aliphatic heterocycles. The van der Waals surface area contributed by atoms with E-state index < -0.39 is 17.6 Å². The maximum Gasteiger partial charge on any atom is 0.319 e. The maximum absolute atomic E-state index is 12.7. The quantitative estimate of drug-likeness (QED) is 0.672. The van der Waals surface area contributed by atoms with Gasteiger partial charge in [0, 0.05) is 18.3 Å². The van der Waals surface area contributed by atoms with E-state index in [1.807, 2.05) is 24.3 Å². The molecule has 23 heavy (non-hydrogen) atoms. The highest BCUT2D eigenvalue weighted by molar-refractivity contribution is 6.00. The molecule has 2 bridgehead atoms. The Morgan fingerprint density at radius 3 is 3.04 bits per heavy atom. The number of ether oxygens (including phenoxy) is 2. The average Bonchev–Trinajstić information content (AvgIpc) is 2.54. The van der Waals surface area contributed by atoms with Crippen molar-refractivity contribution in [2.45, 2.75) is 44.2 Å². The number of rotatable bonds is 2. The van der Waals surface area contributed by atoms with Crippen LogP contribution >= 0.6 is 0 Å². The van der Waals surface area contributed by atoms with Gasteiger partial charge in [0.15, 0.2) is 5.72 Å². The van der Waals surface area contributed by atoms with Crippen LogP contribution in [0, 0.1) is 11.8 Å². The number of piperidine rings is 1. The highest BCUT2D eigenvalue weighted by Crippen LogP contribution is 2.55. The minimum absolute atomic E-state index is 0.123. The molecule has 4 rings (SSSR count). The summed E-state index contributed by atoms with van der Waals surface area (Å²) in [6.45, 7) is 2.05. The van der Waals surface area contributed by atoms with Crippen molar-refractivity contribution in [2.75, 3.05) is 6.61 Å². The zero-order valence-corrected chi connectivity index (χ0v) is 13.2. The number of hydrogen-bond donors (Lipinski definition) is 1. The number of hydrogen-bond acceptors (Lipinski definition) is 4. The normalized spacial score (nSPS) is 34.5. The van der Waals surface area contributed by atoms with Crippen LogP contribution in [0.3, 0.4) is 0 Å². The van der Waals surface area contributed by atoms with Crippen LogP contribution < -0.4 is 10.1 Å². The molecule has 122 valence electrons. The minimum Gasteiger partial charge on any atom is -0.467 e. The largest absolute Gasteiger partial charge is 0.467 e. The summed E-state index contributed by atoms with van der Waals surface area (Å²) in [5, 5.41) is 3.03. The number of carbonyl (C=O) groups is 2. The van der Waals surface area contributed by atoms with Crippen molar-refractivity contribution in [2.24, 2.45) is 11.8 Å². The molecule has 1 amide bonds. The lowest BCUT2D eigenvalue weighted by molar-refractivity contribution is -0.171. The second-order valence-corrected chi connectivity index (χ2v) is 6.63.